The largest absolute Gasteiger partial charge is 0.412 e. The Kier molecular flexibility index (Phi) is 7.68. The molecular formula is C50H38N4O. The predicted molar refractivity (Wildman–Crippen MR) is 220 cm³/mol. The summed E-state index contributed by atoms with van der Waals surface area (Å²) in [7, 11) is 0. The fourth-order valence-electron chi connectivity index (χ4n) is 9.21. The SMILES string of the molecule is O.c1cc(-c2ccc3c(c2)C2(CC2)c2cc(-c4ccncc4)ccc2-3)ccn1.c1cc(-c2ccc3c(c2)C2(CC2)c2cc(-c4ccncc4)ccc2-3)ccn1. The molecule has 4 aliphatic carbocycles. The molecule has 2 spiro atoms. The zero-order valence-electron chi connectivity index (χ0n) is 30.3. The van der Waals surface area contributed by atoms with Crippen LogP contribution in [0.1, 0.15) is 47.9 Å². The van der Waals surface area contributed by atoms with E-state index in [0.29, 0.717) is 0 Å². The van der Waals surface area contributed by atoms with Crippen LogP contribution in [0, 0.1) is 0 Å². The van der Waals surface area contributed by atoms with E-state index < -0.39 is 0 Å². The van der Waals surface area contributed by atoms with Gasteiger partial charge in [-0.05, 0) is 187 Å². The third kappa shape index (κ3) is 5.34. The molecule has 0 amide bonds. The fourth-order valence-corrected chi connectivity index (χ4v) is 9.21. The minimum atomic E-state index is 0. The Balaban J connectivity index is 0.000000133. The summed E-state index contributed by atoms with van der Waals surface area (Å²) >= 11 is 0. The molecular weight excluding hydrogens is 673 g/mol. The van der Waals surface area contributed by atoms with Crippen molar-refractivity contribution in [2.75, 3.05) is 0 Å². The average Bonchev–Trinajstić information content (AvgIpc) is 4.19. The molecule has 55 heavy (non-hydrogen) atoms. The number of hydrogen-bond acceptors (Lipinski definition) is 4. The molecule has 4 aromatic heterocycles. The number of pyridine rings is 4. The number of hydrogen-bond donors (Lipinski definition) is 0. The van der Waals surface area contributed by atoms with Gasteiger partial charge in [-0.2, -0.15) is 0 Å². The van der Waals surface area contributed by atoms with Crippen molar-refractivity contribution < 1.29 is 5.48 Å². The van der Waals surface area contributed by atoms with Crippen molar-refractivity contribution in [2.24, 2.45) is 0 Å². The summed E-state index contributed by atoms with van der Waals surface area (Å²) in [6.07, 6.45) is 19.9. The van der Waals surface area contributed by atoms with Crippen LogP contribution in [0.2, 0.25) is 0 Å². The van der Waals surface area contributed by atoms with Gasteiger partial charge in [0.05, 0.1) is 0 Å². The van der Waals surface area contributed by atoms with Gasteiger partial charge in [-0.15, -0.1) is 0 Å². The molecule has 0 aliphatic heterocycles. The predicted octanol–water partition coefficient (Wildman–Crippen LogP) is 10.9. The second kappa shape index (κ2) is 12.8. The molecule has 0 atom stereocenters. The molecule has 12 rings (SSSR count). The number of nitrogens with zero attached hydrogens (tertiary/aromatic N) is 4. The zero-order valence-corrected chi connectivity index (χ0v) is 30.3. The van der Waals surface area contributed by atoms with E-state index in [4.69, 9.17) is 0 Å². The Hall–Kier alpha value is -6.56. The van der Waals surface area contributed by atoms with E-state index in [2.05, 4.69) is 141 Å². The highest BCUT2D eigenvalue weighted by atomic mass is 16.0. The van der Waals surface area contributed by atoms with Crippen LogP contribution in [0.4, 0.5) is 0 Å². The minimum Gasteiger partial charge on any atom is -0.412 e. The molecule has 264 valence electrons. The fraction of sp³-hybridized carbons (Fsp3) is 0.120. The van der Waals surface area contributed by atoms with Crippen molar-refractivity contribution in [3.8, 4) is 66.8 Å². The highest BCUT2D eigenvalue weighted by molar-refractivity contribution is 5.89. The summed E-state index contributed by atoms with van der Waals surface area (Å²) < 4.78 is 0. The van der Waals surface area contributed by atoms with Gasteiger partial charge >= 0.3 is 0 Å². The molecule has 0 unspecified atom stereocenters. The van der Waals surface area contributed by atoms with Gasteiger partial charge < -0.3 is 5.48 Å². The normalized spacial score (nSPS) is 15.1. The summed E-state index contributed by atoms with van der Waals surface area (Å²) in [5, 5.41) is 0. The number of fused-ring (bicyclic) bond motifs is 10. The zero-order chi connectivity index (χ0) is 35.7. The van der Waals surface area contributed by atoms with Gasteiger partial charge in [0.25, 0.3) is 0 Å². The van der Waals surface area contributed by atoms with Gasteiger partial charge in [0, 0.05) is 60.4 Å². The van der Waals surface area contributed by atoms with Crippen molar-refractivity contribution in [3.63, 3.8) is 0 Å². The summed E-state index contributed by atoms with van der Waals surface area (Å²) in [6.45, 7) is 0. The lowest BCUT2D eigenvalue weighted by molar-refractivity contribution is 0.824. The summed E-state index contributed by atoms with van der Waals surface area (Å²) in [5.41, 5.74) is 22.1. The first-order valence-electron chi connectivity index (χ1n) is 18.9. The molecule has 5 nitrogen and oxygen atoms in total. The van der Waals surface area contributed by atoms with Crippen LogP contribution in [0.3, 0.4) is 0 Å². The first kappa shape index (κ1) is 33.0. The van der Waals surface area contributed by atoms with E-state index in [1.54, 1.807) is 0 Å². The van der Waals surface area contributed by atoms with Crippen molar-refractivity contribution in [1.29, 1.82) is 0 Å². The lowest BCUT2D eigenvalue weighted by Gasteiger charge is -2.13. The highest BCUT2D eigenvalue weighted by Gasteiger charge is 2.53. The van der Waals surface area contributed by atoms with E-state index in [1.807, 2.05) is 49.6 Å². The lowest BCUT2D eigenvalue weighted by Crippen LogP contribution is -2.03. The third-order valence-electron chi connectivity index (χ3n) is 12.3. The summed E-state index contributed by atoms with van der Waals surface area (Å²) in [4.78, 5) is 16.6. The van der Waals surface area contributed by atoms with Crippen LogP contribution >= 0.6 is 0 Å². The molecule has 2 N–H and O–H groups in total. The number of rotatable bonds is 4. The van der Waals surface area contributed by atoms with E-state index in [0.717, 1.165) is 0 Å². The van der Waals surface area contributed by atoms with E-state index in [-0.39, 0.29) is 16.3 Å². The van der Waals surface area contributed by atoms with Crippen LogP contribution in [-0.2, 0) is 10.8 Å². The summed E-state index contributed by atoms with van der Waals surface area (Å²) in [6, 6.07) is 44.6. The first-order valence-corrected chi connectivity index (χ1v) is 18.9. The Morgan fingerprint density at radius 1 is 0.273 bits per heavy atom. The van der Waals surface area contributed by atoms with Crippen LogP contribution in [0.5, 0.6) is 0 Å². The molecule has 4 aliphatic rings. The minimum absolute atomic E-state index is 0. The van der Waals surface area contributed by atoms with Crippen molar-refractivity contribution >= 4 is 0 Å². The van der Waals surface area contributed by atoms with Gasteiger partial charge in [-0.25, -0.2) is 0 Å². The monoisotopic (exact) mass is 710 g/mol. The smallest absolute Gasteiger partial charge is 0.0273 e. The Labute approximate surface area is 320 Å². The standard InChI is InChI=1S/2C25H18N2.H2O/c2*1-3-21-22-4-2-20(18-7-13-27-14-8-18)16-24(22)25(9-10-25)23(21)15-19(1)17-5-11-26-12-6-17;/h2*1-8,11-16H,9-10H2;1H2. The maximum absolute atomic E-state index is 4.15. The second-order valence-electron chi connectivity index (χ2n) is 15.1. The third-order valence-corrected chi connectivity index (χ3v) is 12.3. The van der Waals surface area contributed by atoms with Crippen molar-refractivity contribution in [1.82, 2.24) is 19.9 Å². The Morgan fingerprint density at radius 2 is 0.491 bits per heavy atom. The van der Waals surface area contributed by atoms with E-state index in [1.165, 1.54) is 115 Å². The highest BCUT2D eigenvalue weighted by Crippen LogP contribution is 2.64. The van der Waals surface area contributed by atoms with E-state index >= 15 is 0 Å². The van der Waals surface area contributed by atoms with E-state index in [9.17, 15) is 0 Å². The topological polar surface area (TPSA) is 83.1 Å². The lowest BCUT2D eigenvalue weighted by atomic mass is 9.90. The van der Waals surface area contributed by atoms with Gasteiger partial charge in [-0.3, -0.25) is 19.9 Å². The van der Waals surface area contributed by atoms with Crippen LogP contribution in [0.15, 0.2) is 171 Å². The molecule has 2 fully saturated rings. The van der Waals surface area contributed by atoms with Gasteiger partial charge in [0.15, 0.2) is 0 Å². The van der Waals surface area contributed by atoms with Gasteiger partial charge in [0.1, 0.15) is 0 Å². The Morgan fingerprint density at radius 3 is 0.691 bits per heavy atom. The Bertz CT molecular complexity index is 2330. The number of aromatic nitrogens is 4. The molecule has 4 heterocycles. The quantitative estimate of drug-likeness (QED) is 0.182. The van der Waals surface area contributed by atoms with Crippen LogP contribution in [0.25, 0.3) is 66.8 Å². The maximum Gasteiger partial charge on any atom is 0.0273 e. The average molecular weight is 711 g/mol. The van der Waals surface area contributed by atoms with Crippen LogP contribution in [-0.4, -0.2) is 25.4 Å². The van der Waals surface area contributed by atoms with Gasteiger partial charge in [-0.1, -0.05) is 48.5 Å². The van der Waals surface area contributed by atoms with Gasteiger partial charge in [0.2, 0.25) is 0 Å². The maximum atomic E-state index is 4.15. The summed E-state index contributed by atoms with van der Waals surface area (Å²) in [5.74, 6) is 0. The molecule has 0 saturated heterocycles. The number of benzene rings is 4. The molecule has 5 heteroatoms. The first-order chi connectivity index (χ1) is 26.7. The molecule has 0 bridgehead atoms. The van der Waals surface area contributed by atoms with Crippen molar-refractivity contribution in [2.45, 2.75) is 36.5 Å². The second-order valence-corrected chi connectivity index (χ2v) is 15.1. The van der Waals surface area contributed by atoms with Crippen molar-refractivity contribution in [3.05, 3.63) is 193 Å². The van der Waals surface area contributed by atoms with Crippen LogP contribution < -0.4 is 0 Å². The molecule has 4 aromatic carbocycles. The molecule has 2 saturated carbocycles. The molecule has 0 radical (unpaired) electrons. The molecule has 8 aromatic rings.